The van der Waals surface area contributed by atoms with Gasteiger partial charge in [-0.3, -0.25) is 4.79 Å². The molecule has 0 aromatic heterocycles. The predicted octanol–water partition coefficient (Wildman–Crippen LogP) is 4.82. The monoisotopic (exact) mass is 426 g/mol. The summed E-state index contributed by atoms with van der Waals surface area (Å²) in [7, 11) is 0. The number of fused-ring (bicyclic) bond motifs is 4. The Hall–Kier alpha value is -4.65. The number of aromatic carboxylic acids is 2. The molecule has 5 rings (SSSR count). The molecule has 0 unspecified atom stereocenters. The maximum Gasteiger partial charge on any atom is 0.336 e. The molecule has 0 fully saturated rings. The minimum Gasteiger partial charge on any atom is -0.507 e. The Morgan fingerprint density at radius 1 is 0.750 bits per heavy atom. The zero-order valence-corrected chi connectivity index (χ0v) is 16.3. The van der Waals surface area contributed by atoms with Crippen molar-refractivity contribution >= 4 is 33.7 Å². The minimum absolute atomic E-state index is 0.0247. The summed E-state index contributed by atoms with van der Waals surface area (Å²) >= 11 is 0. The Morgan fingerprint density at radius 2 is 1.47 bits per heavy atom. The van der Waals surface area contributed by atoms with Gasteiger partial charge in [0.25, 0.3) is 0 Å². The van der Waals surface area contributed by atoms with Gasteiger partial charge in [-0.25, -0.2) is 9.59 Å². The first-order chi connectivity index (χ1) is 15.3. The fourth-order valence-corrected chi connectivity index (χ4v) is 4.04. The van der Waals surface area contributed by atoms with Gasteiger partial charge in [-0.2, -0.15) is 0 Å². The quantitative estimate of drug-likeness (QED) is 0.279. The van der Waals surface area contributed by atoms with Gasteiger partial charge in [0.2, 0.25) is 0 Å². The summed E-state index contributed by atoms with van der Waals surface area (Å²) in [5.41, 5.74) is 0.795. The second kappa shape index (κ2) is 6.95. The third-order valence-corrected chi connectivity index (χ3v) is 5.44. The fraction of sp³-hybridized carbons (Fsp3) is 0. The third kappa shape index (κ3) is 2.87. The molecule has 1 aliphatic carbocycles. The number of carboxylic acids is 2. The van der Waals surface area contributed by atoms with E-state index in [0.29, 0.717) is 32.9 Å². The lowest BCUT2D eigenvalue weighted by molar-refractivity contribution is 0.0696. The average Bonchev–Trinajstić information content (AvgIpc) is 2.77. The van der Waals surface area contributed by atoms with Crippen LogP contribution in [0.1, 0.15) is 20.7 Å². The Labute approximate surface area is 179 Å². The number of carboxylic acid groups (broad SMARTS) is 2. The number of benzene rings is 4. The molecule has 0 atom stereocenters. The molecule has 1 heterocycles. The molecular formula is C25H14O7. The van der Waals surface area contributed by atoms with E-state index in [1.165, 1.54) is 36.4 Å². The number of phenolic OH excluding ortho intramolecular Hbond substituents is 1. The van der Waals surface area contributed by atoms with Gasteiger partial charge in [0, 0.05) is 33.4 Å². The van der Waals surface area contributed by atoms with E-state index in [0.717, 1.165) is 6.07 Å². The van der Waals surface area contributed by atoms with E-state index in [9.17, 15) is 29.7 Å². The molecule has 156 valence electrons. The van der Waals surface area contributed by atoms with E-state index in [1.807, 2.05) is 0 Å². The van der Waals surface area contributed by atoms with Crippen molar-refractivity contribution in [2.24, 2.45) is 0 Å². The number of carbonyl (C=O) groups is 2. The Morgan fingerprint density at radius 3 is 2.19 bits per heavy atom. The van der Waals surface area contributed by atoms with Crippen LogP contribution < -0.4 is 5.43 Å². The van der Waals surface area contributed by atoms with E-state index < -0.39 is 11.9 Å². The van der Waals surface area contributed by atoms with E-state index in [-0.39, 0.29) is 33.6 Å². The molecule has 0 bridgehead atoms. The SMILES string of the molecule is O=C(O)c1ccc(-c2c3ccc(=O)cc-3oc3c2cc(O)c2ccccc23)c(C(=O)O)c1. The molecular weight excluding hydrogens is 412 g/mol. The molecule has 0 spiro atoms. The van der Waals surface area contributed by atoms with E-state index in [2.05, 4.69) is 0 Å². The first-order valence-electron chi connectivity index (χ1n) is 9.57. The van der Waals surface area contributed by atoms with Crippen LogP contribution in [0.15, 0.2) is 75.9 Å². The molecule has 1 aliphatic heterocycles. The van der Waals surface area contributed by atoms with Gasteiger partial charge < -0.3 is 19.7 Å². The Kier molecular flexibility index (Phi) is 4.20. The van der Waals surface area contributed by atoms with Crippen LogP contribution in [0.3, 0.4) is 0 Å². The lowest BCUT2D eigenvalue weighted by Gasteiger charge is -2.18. The summed E-state index contributed by atoms with van der Waals surface area (Å²) in [5, 5.41) is 31.4. The minimum atomic E-state index is -1.31. The van der Waals surface area contributed by atoms with Crippen LogP contribution in [0.4, 0.5) is 0 Å². The average molecular weight is 426 g/mol. The number of hydrogen-bond acceptors (Lipinski definition) is 5. The molecule has 7 heteroatoms. The topological polar surface area (TPSA) is 125 Å². The summed E-state index contributed by atoms with van der Waals surface area (Å²) in [5.74, 6) is -2.34. The summed E-state index contributed by atoms with van der Waals surface area (Å²) in [4.78, 5) is 35.5. The van der Waals surface area contributed by atoms with Gasteiger partial charge in [0.1, 0.15) is 17.1 Å². The van der Waals surface area contributed by atoms with Crippen molar-refractivity contribution in [2.45, 2.75) is 0 Å². The van der Waals surface area contributed by atoms with Crippen LogP contribution in [0.5, 0.6) is 5.75 Å². The van der Waals surface area contributed by atoms with E-state index in [1.54, 1.807) is 24.3 Å². The molecule has 0 radical (unpaired) electrons. The van der Waals surface area contributed by atoms with Crippen molar-refractivity contribution < 1.29 is 29.3 Å². The van der Waals surface area contributed by atoms with Crippen molar-refractivity contribution in [3.05, 3.63) is 88.1 Å². The van der Waals surface area contributed by atoms with Gasteiger partial charge in [-0.15, -0.1) is 0 Å². The molecule has 0 amide bonds. The van der Waals surface area contributed by atoms with Crippen LogP contribution in [-0.2, 0) is 0 Å². The number of rotatable bonds is 3. The highest BCUT2D eigenvalue weighted by molar-refractivity contribution is 6.16. The Balaban J connectivity index is 2.02. The molecule has 0 saturated heterocycles. The Bertz CT molecular complexity index is 1610. The maximum atomic E-state index is 12.1. The molecule has 3 aromatic carbocycles. The van der Waals surface area contributed by atoms with Gasteiger partial charge >= 0.3 is 11.9 Å². The second-order valence-electron chi connectivity index (χ2n) is 7.32. The summed E-state index contributed by atoms with van der Waals surface area (Å²) in [6, 6.07) is 16.5. The standard InChI is InChI=1S/C25H14O7/c26-13-6-8-17-21(10-13)32-23-16-4-2-1-3-14(16)20(27)11-19(23)22(17)15-7-5-12(24(28)29)9-18(15)25(30)31/h1-11,27H,(H,28,29)(H,30,31). The zero-order chi connectivity index (χ0) is 22.6. The lowest BCUT2D eigenvalue weighted by Crippen LogP contribution is -2.06. The largest absolute Gasteiger partial charge is 0.507 e. The van der Waals surface area contributed by atoms with Gasteiger partial charge in [0.15, 0.2) is 5.43 Å². The van der Waals surface area contributed by atoms with Crippen LogP contribution in [0, 0.1) is 0 Å². The first-order valence-corrected chi connectivity index (χ1v) is 9.57. The van der Waals surface area contributed by atoms with Gasteiger partial charge in [-0.05, 0) is 35.9 Å². The number of phenols is 1. The molecule has 32 heavy (non-hydrogen) atoms. The van der Waals surface area contributed by atoms with E-state index in [4.69, 9.17) is 4.42 Å². The normalized spacial score (nSPS) is 11.2. The zero-order valence-electron chi connectivity index (χ0n) is 16.3. The maximum absolute atomic E-state index is 12.1. The lowest BCUT2D eigenvalue weighted by atomic mass is 9.89. The number of aromatic hydroxyl groups is 1. The summed E-state index contributed by atoms with van der Waals surface area (Å²) < 4.78 is 6.07. The smallest absolute Gasteiger partial charge is 0.336 e. The highest BCUT2D eigenvalue weighted by Gasteiger charge is 2.24. The third-order valence-electron chi connectivity index (χ3n) is 5.44. The summed E-state index contributed by atoms with van der Waals surface area (Å²) in [6.07, 6.45) is 0. The molecule has 2 aliphatic rings. The van der Waals surface area contributed by atoms with Crippen molar-refractivity contribution in [1.82, 2.24) is 0 Å². The highest BCUT2D eigenvalue weighted by Crippen LogP contribution is 2.45. The molecule has 3 N–H and O–H groups in total. The van der Waals surface area contributed by atoms with Crippen molar-refractivity contribution in [3.63, 3.8) is 0 Å². The van der Waals surface area contributed by atoms with Gasteiger partial charge in [-0.1, -0.05) is 30.3 Å². The van der Waals surface area contributed by atoms with Crippen molar-refractivity contribution in [2.75, 3.05) is 0 Å². The molecule has 7 nitrogen and oxygen atoms in total. The van der Waals surface area contributed by atoms with Crippen molar-refractivity contribution in [3.8, 4) is 28.2 Å². The van der Waals surface area contributed by atoms with Crippen LogP contribution in [-0.4, -0.2) is 27.3 Å². The van der Waals surface area contributed by atoms with Crippen LogP contribution >= 0.6 is 0 Å². The van der Waals surface area contributed by atoms with Crippen LogP contribution in [0.2, 0.25) is 0 Å². The van der Waals surface area contributed by atoms with Crippen LogP contribution in [0.25, 0.3) is 44.2 Å². The second-order valence-corrected chi connectivity index (χ2v) is 7.32. The molecule has 3 aromatic rings. The number of hydrogen-bond donors (Lipinski definition) is 3. The van der Waals surface area contributed by atoms with Gasteiger partial charge in [0.05, 0.1) is 11.1 Å². The highest BCUT2D eigenvalue weighted by atomic mass is 16.4. The van der Waals surface area contributed by atoms with E-state index >= 15 is 0 Å². The molecule has 0 saturated carbocycles. The summed E-state index contributed by atoms with van der Waals surface area (Å²) in [6.45, 7) is 0. The van der Waals surface area contributed by atoms with Crippen molar-refractivity contribution in [1.29, 1.82) is 0 Å². The first kappa shape index (κ1) is 19.3. The predicted molar refractivity (Wildman–Crippen MR) is 118 cm³/mol. The fourth-order valence-electron chi connectivity index (χ4n) is 4.04.